The molecule has 0 aliphatic heterocycles. The monoisotopic (exact) mass is 318 g/mol. The quantitative estimate of drug-likeness (QED) is 0.552. The maximum absolute atomic E-state index is 5.47. The summed E-state index contributed by atoms with van der Waals surface area (Å²) in [6, 6.07) is 14.4. The molecule has 0 saturated heterocycles. The Hall–Kier alpha value is -2.95. The fourth-order valence-corrected chi connectivity index (χ4v) is 2.85. The number of nitrogens with zero attached hydrogens (tertiary/aromatic N) is 4. The van der Waals surface area contributed by atoms with Gasteiger partial charge in [-0.2, -0.15) is 4.98 Å². The van der Waals surface area contributed by atoms with Crippen LogP contribution in [0.3, 0.4) is 0 Å². The average molecular weight is 318 g/mol. The first-order chi connectivity index (χ1) is 11.6. The number of hydrogen-bond acceptors (Lipinski definition) is 4. The van der Waals surface area contributed by atoms with Gasteiger partial charge in [0.1, 0.15) is 0 Å². The zero-order chi connectivity index (χ0) is 16.7. The Morgan fingerprint density at radius 2 is 1.92 bits per heavy atom. The lowest BCUT2D eigenvalue weighted by Gasteiger charge is -2.07. The maximum Gasteiger partial charge on any atom is 0.258 e. The van der Waals surface area contributed by atoms with E-state index in [-0.39, 0.29) is 0 Å². The summed E-state index contributed by atoms with van der Waals surface area (Å²) in [6.07, 6.45) is 1.87. The van der Waals surface area contributed by atoms with Gasteiger partial charge in [0.25, 0.3) is 5.89 Å². The fourth-order valence-electron chi connectivity index (χ4n) is 2.85. The number of hydrogen-bond donors (Lipinski definition) is 0. The minimum absolute atomic E-state index is 0.372. The van der Waals surface area contributed by atoms with Crippen molar-refractivity contribution in [2.45, 2.75) is 26.8 Å². The van der Waals surface area contributed by atoms with Gasteiger partial charge >= 0.3 is 0 Å². The Bertz CT molecular complexity index is 1010. The van der Waals surface area contributed by atoms with Crippen LogP contribution in [0.4, 0.5) is 0 Å². The molecule has 0 N–H and O–H groups in total. The number of rotatable bonds is 3. The van der Waals surface area contributed by atoms with Gasteiger partial charge < -0.3 is 9.09 Å². The molecule has 2 aromatic heterocycles. The Kier molecular flexibility index (Phi) is 3.41. The highest BCUT2D eigenvalue weighted by Crippen LogP contribution is 2.27. The first-order valence-electron chi connectivity index (χ1n) is 8.00. The van der Waals surface area contributed by atoms with Gasteiger partial charge in [-0.3, -0.25) is 0 Å². The number of fused-ring (bicyclic) bond motifs is 1. The van der Waals surface area contributed by atoms with Crippen molar-refractivity contribution >= 4 is 11.0 Å². The van der Waals surface area contributed by atoms with Crippen molar-refractivity contribution in [3.05, 3.63) is 54.4 Å². The minimum Gasteiger partial charge on any atom is -0.334 e. The summed E-state index contributed by atoms with van der Waals surface area (Å²) >= 11 is 0. The zero-order valence-corrected chi connectivity index (χ0v) is 13.9. The molecule has 0 radical (unpaired) electrons. The summed E-state index contributed by atoms with van der Waals surface area (Å²) in [6.45, 7) is 6.32. The molecule has 4 rings (SSSR count). The lowest BCUT2D eigenvalue weighted by Crippen LogP contribution is -1.97. The van der Waals surface area contributed by atoms with E-state index >= 15 is 0 Å². The topological polar surface area (TPSA) is 56.7 Å². The number of aromatic nitrogens is 4. The van der Waals surface area contributed by atoms with Crippen LogP contribution < -0.4 is 0 Å². The van der Waals surface area contributed by atoms with Gasteiger partial charge in [0.05, 0.1) is 17.4 Å². The van der Waals surface area contributed by atoms with Crippen molar-refractivity contribution in [2.75, 3.05) is 0 Å². The molecule has 120 valence electrons. The van der Waals surface area contributed by atoms with Crippen LogP contribution in [0.5, 0.6) is 0 Å². The Morgan fingerprint density at radius 3 is 2.71 bits per heavy atom. The fraction of sp³-hybridized carbons (Fsp3) is 0.211. The SMILES string of the molecule is Cc1ccccc1-c1noc(-c2ccc3c(c2)ncn3C(C)C)n1. The molecule has 0 amide bonds. The molecule has 0 bridgehead atoms. The highest BCUT2D eigenvalue weighted by atomic mass is 16.5. The van der Waals surface area contributed by atoms with Gasteiger partial charge in [0.15, 0.2) is 0 Å². The number of benzene rings is 2. The smallest absolute Gasteiger partial charge is 0.258 e. The lowest BCUT2D eigenvalue weighted by molar-refractivity contribution is 0.432. The van der Waals surface area contributed by atoms with E-state index in [1.54, 1.807) is 0 Å². The van der Waals surface area contributed by atoms with Crippen molar-refractivity contribution < 1.29 is 4.52 Å². The van der Waals surface area contributed by atoms with E-state index in [1.807, 2.05) is 49.6 Å². The van der Waals surface area contributed by atoms with Crippen molar-refractivity contribution in [1.29, 1.82) is 0 Å². The summed E-state index contributed by atoms with van der Waals surface area (Å²) in [5, 5.41) is 4.13. The third kappa shape index (κ3) is 2.38. The van der Waals surface area contributed by atoms with E-state index in [9.17, 15) is 0 Å². The van der Waals surface area contributed by atoms with E-state index in [0.717, 1.165) is 27.7 Å². The van der Waals surface area contributed by atoms with Gasteiger partial charge in [-0.25, -0.2) is 4.98 Å². The highest BCUT2D eigenvalue weighted by molar-refractivity contribution is 5.80. The Balaban J connectivity index is 1.75. The van der Waals surface area contributed by atoms with Gasteiger partial charge in [0, 0.05) is 17.2 Å². The van der Waals surface area contributed by atoms with Crippen LogP contribution in [0, 0.1) is 6.92 Å². The summed E-state index contributed by atoms with van der Waals surface area (Å²) in [4.78, 5) is 9.03. The first kappa shape index (κ1) is 14.6. The second-order valence-corrected chi connectivity index (χ2v) is 6.19. The summed E-state index contributed by atoms with van der Waals surface area (Å²) in [5.74, 6) is 1.12. The van der Waals surface area contributed by atoms with Gasteiger partial charge in [-0.15, -0.1) is 0 Å². The summed E-state index contributed by atoms with van der Waals surface area (Å²) in [5.41, 5.74) is 5.02. The van der Waals surface area contributed by atoms with E-state index in [0.29, 0.717) is 17.8 Å². The predicted molar refractivity (Wildman–Crippen MR) is 93.6 cm³/mol. The molecule has 0 spiro atoms. The van der Waals surface area contributed by atoms with E-state index in [1.165, 1.54) is 0 Å². The van der Waals surface area contributed by atoms with Crippen LogP contribution in [-0.4, -0.2) is 19.7 Å². The average Bonchev–Trinajstić information content (AvgIpc) is 3.21. The molecule has 0 aliphatic rings. The highest BCUT2D eigenvalue weighted by Gasteiger charge is 2.14. The van der Waals surface area contributed by atoms with Crippen molar-refractivity contribution in [2.24, 2.45) is 0 Å². The van der Waals surface area contributed by atoms with E-state index < -0.39 is 0 Å². The van der Waals surface area contributed by atoms with Crippen molar-refractivity contribution in [3.8, 4) is 22.8 Å². The molecule has 0 unspecified atom stereocenters. The molecule has 0 fully saturated rings. The maximum atomic E-state index is 5.47. The third-order valence-electron chi connectivity index (χ3n) is 4.19. The van der Waals surface area contributed by atoms with Gasteiger partial charge in [-0.1, -0.05) is 29.4 Å². The van der Waals surface area contributed by atoms with E-state index in [2.05, 4.69) is 39.6 Å². The third-order valence-corrected chi connectivity index (χ3v) is 4.19. The number of aryl methyl sites for hydroxylation is 1. The van der Waals surface area contributed by atoms with Gasteiger partial charge in [0.2, 0.25) is 5.82 Å². The molecule has 0 saturated carbocycles. The predicted octanol–water partition coefficient (Wildman–Crippen LogP) is 4.64. The molecule has 5 nitrogen and oxygen atoms in total. The second-order valence-electron chi connectivity index (χ2n) is 6.19. The van der Waals surface area contributed by atoms with Crippen LogP contribution in [0.15, 0.2) is 53.3 Å². The Labute approximate surface area is 140 Å². The first-order valence-corrected chi connectivity index (χ1v) is 8.00. The van der Waals surface area contributed by atoms with Crippen molar-refractivity contribution in [1.82, 2.24) is 19.7 Å². The Morgan fingerprint density at radius 1 is 1.08 bits per heavy atom. The molecule has 2 heterocycles. The largest absolute Gasteiger partial charge is 0.334 e. The molecule has 2 aromatic carbocycles. The zero-order valence-electron chi connectivity index (χ0n) is 13.9. The second kappa shape index (κ2) is 5.60. The van der Waals surface area contributed by atoms with Crippen LogP contribution in [-0.2, 0) is 0 Å². The number of imidazole rings is 1. The normalized spacial score (nSPS) is 11.5. The molecule has 0 atom stereocenters. The van der Waals surface area contributed by atoms with Crippen LogP contribution in [0.1, 0.15) is 25.5 Å². The molecule has 5 heteroatoms. The van der Waals surface area contributed by atoms with E-state index in [4.69, 9.17) is 4.52 Å². The standard InChI is InChI=1S/C19H18N4O/c1-12(2)23-11-20-16-10-14(8-9-17(16)23)19-21-18(22-24-19)15-7-5-4-6-13(15)3/h4-12H,1-3H3. The van der Waals surface area contributed by atoms with Crippen LogP contribution >= 0.6 is 0 Å². The van der Waals surface area contributed by atoms with Crippen LogP contribution in [0.2, 0.25) is 0 Å². The minimum atomic E-state index is 0.372. The summed E-state index contributed by atoms with van der Waals surface area (Å²) < 4.78 is 7.61. The molecule has 4 aromatic rings. The molecular formula is C19H18N4O. The molecule has 24 heavy (non-hydrogen) atoms. The molecular weight excluding hydrogens is 300 g/mol. The van der Waals surface area contributed by atoms with Gasteiger partial charge in [-0.05, 0) is 44.5 Å². The summed E-state index contributed by atoms with van der Waals surface area (Å²) in [7, 11) is 0. The molecule has 0 aliphatic carbocycles. The van der Waals surface area contributed by atoms with Crippen molar-refractivity contribution in [3.63, 3.8) is 0 Å². The lowest BCUT2D eigenvalue weighted by atomic mass is 10.1. The van der Waals surface area contributed by atoms with Crippen LogP contribution in [0.25, 0.3) is 33.9 Å².